The van der Waals surface area contributed by atoms with Gasteiger partial charge < -0.3 is 14.8 Å². The third-order valence-corrected chi connectivity index (χ3v) is 2.54. The van der Waals surface area contributed by atoms with E-state index in [2.05, 4.69) is 10.1 Å². The maximum absolute atomic E-state index is 11.5. The molecule has 1 fully saturated rings. The molecule has 1 atom stereocenters. The molecule has 2 amide bonds. The first-order valence-electron chi connectivity index (χ1n) is 5.83. The molecule has 0 aromatic carbocycles. The van der Waals surface area contributed by atoms with Crippen LogP contribution in [0, 0.1) is 0 Å². The summed E-state index contributed by atoms with van der Waals surface area (Å²) in [5.74, 6) is -0.834. The lowest BCUT2D eigenvalue weighted by molar-refractivity contribution is -0.148. The molecule has 0 bridgehead atoms. The van der Waals surface area contributed by atoms with E-state index in [4.69, 9.17) is 4.74 Å². The van der Waals surface area contributed by atoms with Crippen molar-refractivity contribution < 1.29 is 23.9 Å². The van der Waals surface area contributed by atoms with Crippen LogP contribution in [0.4, 0.5) is 0 Å². The van der Waals surface area contributed by atoms with Gasteiger partial charge in [-0.3, -0.25) is 14.5 Å². The second kappa shape index (κ2) is 7.07. The number of esters is 1. The lowest BCUT2D eigenvalue weighted by atomic mass is 10.2. The second-order valence-corrected chi connectivity index (χ2v) is 3.86. The molecule has 0 aliphatic carbocycles. The van der Waals surface area contributed by atoms with Crippen LogP contribution in [0.3, 0.4) is 0 Å². The Morgan fingerprint density at radius 2 is 2.22 bits per heavy atom. The number of rotatable bonds is 7. The number of amides is 2. The van der Waals surface area contributed by atoms with Crippen LogP contribution in [0.1, 0.15) is 13.3 Å². The monoisotopic (exact) mass is 258 g/mol. The van der Waals surface area contributed by atoms with Crippen molar-refractivity contribution in [2.75, 3.05) is 33.4 Å². The van der Waals surface area contributed by atoms with E-state index >= 15 is 0 Å². The van der Waals surface area contributed by atoms with Gasteiger partial charge in [0.2, 0.25) is 11.8 Å². The van der Waals surface area contributed by atoms with Gasteiger partial charge in [0.15, 0.2) is 0 Å². The van der Waals surface area contributed by atoms with E-state index in [9.17, 15) is 14.4 Å². The Bertz CT molecular complexity index is 331. The highest BCUT2D eigenvalue weighted by Gasteiger charge is 2.35. The summed E-state index contributed by atoms with van der Waals surface area (Å²) in [6.45, 7) is 2.62. The summed E-state index contributed by atoms with van der Waals surface area (Å²) in [6.07, 6.45) is 0.174. The summed E-state index contributed by atoms with van der Waals surface area (Å²) in [6, 6.07) is -0.478. The molecule has 1 unspecified atom stereocenters. The minimum Gasteiger partial charge on any atom is -0.464 e. The molecule has 1 rings (SSSR count). The first-order chi connectivity index (χ1) is 8.56. The minimum absolute atomic E-state index is 0.104. The predicted molar refractivity (Wildman–Crippen MR) is 61.6 cm³/mol. The molecule has 1 heterocycles. The van der Waals surface area contributed by atoms with E-state index in [1.165, 1.54) is 7.05 Å². The molecule has 0 saturated carbocycles. The van der Waals surface area contributed by atoms with Gasteiger partial charge in [0.25, 0.3) is 0 Å². The summed E-state index contributed by atoms with van der Waals surface area (Å²) < 4.78 is 9.73. The molecule has 0 radical (unpaired) electrons. The lowest BCUT2D eigenvalue weighted by Crippen LogP contribution is -2.38. The van der Waals surface area contributed by atoms with Crippen molar-refractivity contribution in [1.82, 2.24) is 10.2 Å². The molecular formula is C11H18N2O5. The topological polar surface area (TPSA) is 84.9 Å². The molecule has 102 valence electrons. The fourth-order valence-corrected chi connectivity index (χ4v) is 1.58. The highest BCUT2D eigenvalue weighted by atomic mass is 16.6. The van der Waals surface area contributed by atoms with Gasteiger partial charge in [-0.25, -0.2) is 4.79 Å². The van der Waals surface area contributed by atoms with E-state index in [1.54, 1.807) is 6.92 Å². The predicted octanol–water partition coefficient (Wildman–Crippen LogP) is -1.09. The number of hydrogen-bond acceptors (Lipinski definition) is 6. The van der Waals surface area contributed by atoms with E-state index in [0.717, 1.165) is 4.90 Å². The van der Waals surface area contributed by atoms with E-state index < -0.39 is 12.0 Å². The van der Waals surface area contributed by atoms with Crippen molar-refractivity contribution in [3.05, 3.63) is 0 Å². The van der Waals surface area contributed by atoms with Crippen LogP contribution in [0.15, 0.2) is 0 Å². The second-order valence-electron chi connectivity index (χ2n) is 3.86. The molecule has 1 aliphatic heterocycles. The Labute approximate surface area is 105 Å². The molecule has 7 nitrogen and oxygen atoms in total. The molecular weight excluding hydrogens is 240 g/mol. The number of hydrogen-bond donors (Lipinski definition) is 1. The summed E-state index contributed by atoms with van der Waals surface area (Å²) >= 11 is 0. The maximum Gasteiger partial charge on any atom is 0.332 e. The van der Waals surface area contributed by atoms with Crippen molar-refractivity contribution in [3.63, 3.8) is 0 Å². The van der Waals surface area contributed by atoms with Crippen LogP contribution in [0.25, 0.3) is 0 Å². The third-order valence-electron chi connectivity index (χ3n) is 2.54. The third kappa shape index (κ3) is 4.08. The lowest BCUT2D eigenvalue weighted by Gasteiger charge is -2.10. The van der Waals surface area contributed by atoms with Gasteiger partial charge in [0.1, 0.15) is 6.61 Å². The summed E-state index contributed by atoms with van der Waals surface area (Å²) in [5.41, 5.74) is 0. The summed E-state index contributed by atoms with van der Waals surface area (Å²) in [4.78, 5) is 34.8. The van der Waals surface area contributed by atoms with Gasteiger partial charge in [-0.2, -0.15) is 0 Å². The van der Waals surface area contributed by atoms with Crippen molar-refractivity contribution in [1.29, 1.82) is 0 Å². The summed E-state index contributed by atoms with van der Waals surface area (Å²) in [7, 11) is 1.46. The molecule has 0 aromatic heterocycles. The highest BCUT2D eigenvalue weighted by molar-refractivity contribution is 6.05. The van der Waals surface area contributed by atoms with Crippen LogP contribution in [-0.2, 0) is 23.9 Å². The standard InChI is InChI=1S/C11H18N2O5/c1-3-18-10(15)7-17-5-4-12-8-6-9(14)13(2)11(8)16/h8,12H,3-7H2,1-2H3. The minimum atomic E-state index is -0.478. The van der Waals surface area contributed by atoms with Crippen LogP contribution >= 0.6 is 0 Å². The van der Waals surface area contributed by atoms with E-state index in [0.29, 0.717) is 13.2 Å². The van der Waals surface area contributed by atoms with E-state index in [-0.39, 0.29) is 31.4 Å². The zero-order chi connectivity index (χ0) is 13.5. The van der Waals surface area contributed by atoms with Gasteiger partial charge in [-0.1, -0.05) is 0 Å². The molecule has 0 aromatic rings. The first kappa shape index (κ1) is 14.6. The van der Waals surface area contributed by atoms with Gasteiger partial charge in [-0.05, 0) is 6.92 Å². The molecule has 1 N–H and O–H groups in total. The maximum atomic E-state index is 11.5. The number of nitrogens with one attached hydrogen (secondary N) is 1. The molecule has 7 heteroatoms. The van der Waals surface area contributed by atoms with Crippen LogP contribution < -0.4 is 5.32 Å². The number of likely N-dealkylation sites (tertiary alicyclic amines) is 1. The average Bonchev–Trinajstić information content (AvgIpc) is 2.57. The Kier molecular flexibility index (Phi) is 5.73. The number of likely N-dealkylation sites (N-methyl/N-ethyl adjacent to an activating group) is 1. The zero-order valence-corrected chi connectivity index (χ0v) is 10.6. The molecule has 18 heavy (non-hydrogen) atoms. The van der Waals surface area contributed by atoms with Gasteiger partial charge >= 0.3 is 5.97 Å². The van der Waals surface area contributed by atoms with Crippen LogP contribution in [-0.4, -0.2) is 62.1 Å². The van der Waals surface area contributed by atoms with Crippen molar-refractivity contribution in [2.24, 2.45) is 0 Å². The van der Waals surface area contributed by atoms with Crippen LogP contribution in [0.5, 0.6) is 0 Å². The van der Waals surface area contributed by atoms with Gasteiger partial charge in [0, 0.05) is 13.6 Å². The first-order valence-corrected chi connectivity index (χ1v) is 5.83. The Morgan fingerprint density at radius 3 is 2.78 bits per heavy atom. The van der Waals surface area contributed by atoms with Gasteiger partial charge in [-0.15, -0.1) is 0 Å². The SMILES string of the molecule is CCOC(=O)COCCNC1CC(=O)N(C)C1=O. The Hall–Kier alpha value is -1.47. The summed E-state index contributed by atoms with van der Waals surface area (Å²) in [5, 5.41) is 2.91. The van der Waals surface area contributed by atoms with Crippen LogP contribution in [0.2, 0.25) is 0 Å². The van der Waals surface area contributed by atoms with Crippen molar-refractivity contribution in [2.45, 2.75) is 19.4 Å². The zero-order valence-electron chi connectivity index (χ0n) is 10.6. The Morgan fingerprint density at radius 1 is 1.50 bits per heavy atom. The number of imide groups is 1. The fourth-order valence-electron chi connectivity index (χ4n) is 1.58. The highest BCUT2D eigenvalue weighted by Crippen LogP contribution is 2.09. The quantitative estimate of drug-likeness (QED) is 0.355. The largest absolute Gasteiger partial charge is 0.464 e. The molecule has 0 spiro atoms. The number of carbonyl (C=O) groups is 3. The smallest absolute Gasteiger partial charge is 0.332 e. The number of ether oxygens (including phenoxy) is 2. The molecule has 1 aliphatic rings. The van der Waals surface area contributed by atoms with Crippen molar-refractivity contribution >= 4 is 17.8 Å². The van der Waals surface area contributed by atoms with Gasteiger partial charge in [0.05, 0.1) is 25.7 Å². The number of carbonyl (C=O) groups excluding carboxylic acids is 3. The van der Waals surface area contributed by atoms with Crippen molar-refractivity contribution in [3.8, 4) is 0 Å². The number of nitrogens with zero attached hydrogens (tertiary/aromatic N) is 1. The average molecular weight is 258 g/mol. The normalized spacial score (nSPS) is 19.4. The Balaban J connectivity index is 2.10. The van der Waals surface area contributed by atoms with E-state index in [1.807, 2.05) is 0 Å². The fraction of sp³-hybridized carbons (Fsp3) is 0.727. The molecule has 1 saturated heterocycles.